The SMILES string of the molecule is CCOc1ccc2[nH]c(=O)c(CN(Cc3ccc(OC)cc3)C(=S)NCCc3ccccc3)cc2c1. The Morgan fingerprint density at radius 1 is 0.944 bits per heavy atom. The summed E-state index contributed by atoms with van der Waals surface area (Å²) in [5.41, 5.74) is 3.59. The number of nitrogens with zero attached hydrogens (tertiary/aromatic N) is 1. The monoisotopic (exact) mass is 501 g/mol. The van der Waals surface area contributed by atoms with Gasteiger partial charge in [0.05, 0.1) is 20.3 Å². The molecular formula is C29H31N3O3S. The van der Waals surface area contributed by atoms with E-state index in [9.17, 15) is 4.79 Å². The zero-order valence-corrected chi connectivity index (χ0v) is 21.4. The summed E-state index contributed by atoms with van der Waals surface area (Å²) < 4.78 is 10.9. The van der Waals surface area contributed by atoms with Crippen molar-refractivity contribution in [2.45, 2.75) is 26.4 Å². The summed E-state index contributed by atoms with van der Waals surface area (Å²) in [5, 5.41) is 4.90. The highest BCUT2D eigenvalue weighted by molar-refractivity contribution is 7.80. The molecule has 1 heterocycles. The Morgan fingerprint density at radius 2 is 1.69 bits per heavy atom. The van der Waals surface area contributed by atoms with Crippen LogP contribution in [0.5, 0.6) is 11.5 Å². The summed E-state index contributed by atoms with van der Waals surface area (Å²) >= 11 is 5.79. The summed E-state index contributed by atoms with van der Waals surface area (Å²) in [5.74, 6) is 1.57. The zero-order chi connectivity index (χ0) is 25.3. The molecule has 0 aliphatic carbocycles. The van der Waals surface area contributed by atoms with Crippen LogP contribution in [-0.2, 0) is 19.5 Å². The Morgan fingerprint density at radius 3 is 2.42 bits per heavy atom. The molecule has 0 amide bonds. The average Bonchev–Trinajstić information content (AvgIpc) is 2.90. The fraction of sp³-hybridized carbons (Fsp3) is 0.241. The maximum absolute atomic E-state index is 12.9. The fourth-order valence-electron chi connectivity index (χ4n) is 4.03. The van der Waals surface area contributed by atoms with Gasteiger partial charge in [0.1, 0.15) is 11.5 Å². The van der Waals surface area contributed by atoms with Crippen LogP contribution in [0.15, 0.2) is 83.7 Å². The van der Waals surface area contributed by atoms with Gasteiger partial charge in [-0.2, -0.15) is 0 Å². The normalized spacial score (nSPS) is 10.7. The molecule has 4 aromatic rings. The minimum Gasteiger partial charge on any atom is -0.497 e. The van der Waals surface area contributed by atoms with Gasteiger partial charge < -0.3 is 24.7 Å². The van der Waals surface area contributed by atoms with Crippen molar-refractivity contribution in [2.75, 3.05) is 20.3 Å². The van der Waals surface area contributed by atoms with Crippen molar-refractivity contribution < 1.29 is 9.47 Å². The molecule has 0 fully saturated rings. The first-order valence-electron chi connectivity index (χ1n) is 12.0. The lowest BCUT2D eigenvalue weighted by Crippen LogP contribution is -2.40. The van der Waals surface area contributed by atoms with Gasteiger partial charge >= 0.3 is 0 Å². The van der Waals surface area contributed by atoms with E-state index in [-0.39, 0.29) is 5.56 Å². The topological polar surface area (TPSA) is 66.6 Å². The number of H-pyrrole nitrogens is 1. The van der Waals surface area contributed by atoms with Crippen LogP contribution in [0.4, 0.5) is 0 Å². The van der Waals surface area contributed by atoms with Crippen LogP contribution in [0.3, 0.4) is 0 Å². The van der Waals surface area contributed by atoms with Gasteiger partial charge in [-0.15, -0.1) is 0 Å². The maximum Gasteiger partial charge on any atom is 0.253 e. The molecule has 0 aliphatic rings. The first-order valence-corrected chi connectivity index (χ1v) is 12.4. The largest absolute Gasteiger partial charge is 0.497 e. The summed E-state index contributed by atoms with van der Waals surface area (Å²) in [6.45, 7) is 4.16. The molecule has 36 heavy (non-hydrogen) atoms. The van der Waals surface area contributed by atoms with Gasteiger partial charge in [-0.25, -0.2) is 0 Å². The summed E-state index contributed by atoms with van der Waals surface area (Å²) in [7, 11) is 1.65. The van der Waals surface area contributed by atoms with Crippen molar-refractivity contribution in [1.82, 2.24) is 15.2 Å². The van der Waals surface area contributed by atoms with Gasteiger partial charge in [0.2, 0.25) is 0 Å². The summed E-state index contributed by atoms with van der Waals surface area (Å²) in [6.07, 6.45) is 0.855. The Kier molecular flexibility index (Phi) is 8.57. The molecule has 0 radical (unpaired) electrons. The van der Waals surface area contributed by atoms with Crippen LogP contribution in [-0.4, -0.2) is 35.3 Å². The Labute approximate surface area is 216 Å². The van der Waals surface area contributed by atoms with E-state index in [2.05, 4.69) is 22.4 Å². The van der Waals surface area contributed by atoms with Gasteiger partial charge in [-0.05, 0) is 73.1 Å². The average molecular weight is 502 g/mol. The second-order valence-electron chi connectivity index (χ2n) is 8.48. The molecule has 6 nitrogen and oxygen atoms in total. The van der Waals surface area contributed by atoms with Crippen LogP contribution in [0, 0.1) is 0 Å². The molecule has 1 aromatic heterocycles. The van der Waals surface area contributed by atoms with E-state index in [0.717, 1.165) is 34.4 Å². The van der Waals surface area contributed by atoms with Gasteiger partial charge in [-0.1, -0.05) is 42.5 Å². The summed E-state index contributed by atoms with van der Waals surface area (Å²) in [4.78, 5) is 18.0. The quantitative estimate of drug-likeness (QED) is 0.296. The van der Waals surface area contributed by atoms with Crippen LogP contribution >= 0.6 is 12.2 Å². The van der Waals surface area contributed by atoms with E-state index in [1.165, 1.54) is 5.56 Å². The number of aromatic amines is 1. The highest BCUT2D eigenvalue weighted by atomic mass is 32.1. The number of aromatic nitrogens is 1. The predicted molar refractivity (Wildman–Crippen MR) is 149 cm³/mol. The number of ether oxygens (including phenoxy) is 2. The van der Waals surface area contributed by atoms with E-state index < -0.39 is 0 Å². The highest BCUT2D eigenvalue weighted by Crippen LogP contribution is 2.20. The molecule has 0 unspecified atom stereocenters. The second kappa shape index (κ2) is 12.2. The van der Waals surface area contributed by atoms with Crippen molar-refractivity contribution in [2.24, 2.45) is 0 Å². The van der Waals surface area contributed by atoms with Gasteiger partial charge in [0, 0.05) is 29.6 Å². The molecule has 3 aromatic carbocycles. The van der Waals surface area contributed by atoms with Gasteiger partial charge in [0.15, 0.2) is 5.11 Å². The first-order chi connectivity index (χ1) is 17.6. The Balaban J connectivity index is 1.55. The standard InChI is InChI=1S/C29H31N3O3S/c1-3-35-26-13-14-27-23(18-26)17-24(28(33)31-27)20-32(19-22-9-11-25(34-2)12-10-22)29(36)30-16-15-21-7-5-4-6-8-21/h4-14,17-18H,3,15-16,19-20H2,1-2H3,(H,30,36)(H,31,33). The number of fused-ring (bicyclic) bond motifs is 1. The number of thiocarbonyl (C=S) groups is 1. The molecule has 0 saturated carbocycles. The third kappa shape index (κ3) is 6.64. The highest BCUT2D eigenvalue weighted by Gasteiger charge is 2.15. The number of nitrogens with one attached hydrogen (secondary N) is 2. The Bertz CT molecular complexity index is 1350. The number of rotatable bonds is 10. The lowest BCUT2D eigenvalue weighted by Gasteiger charge is -2.26. The van der Waals surface area contributed by atoms with Gasteiger partial charge in [0.25, 0.3) is 5.56 Å². The molecule has 0 aliphatic heterocycles. The molecule has 186 valence electrons. The number of benzene rings is 3. The molecule has 7 heteroatoms. The third-order valence-electron chi connectivity index (χ3n) is 5.92. The molecule has 0 spiro atoms. The number of pyridine rings is 1. The molecular weight excluding hydrogens is 470 g/mol. The maximum atomic E-state index is 12.9. The van der Waals surface area contributed by atoms with Gasteiger partial charge in [-0.3, -0.25) is 4.79 Å². The van der Waals surface area contributed by atoms with E-state index >= 15 is 0 Å². The van der Waals surface area contributed by atoms with Crippen molar-refractivity contribution >= 4 is 28.2 Å². The van der Waals surface area contributed by atoms with E-state index in [0.29, 0.717) is 36.9 Å². The molecule has 4 rings (SSSR count). The number of hydrogen-bond acceptors (Lipinski definition) is 4. The van der Waals surface area contributed by atoms with Crippen LogP contribution in [0.1, 0.15) is 23.6 Å². The third-order valence-corrected chi connectivity index (χ3v) is 6.32. The first kappa shape index (κ1) is 25.3. The van der Waals surface area contributed by atoms with Crippen molar-refractivity contribution in [3.63, 3.8) is 0 Å². The van der Waals surface area contributed by atoms with E-state index in [1.807, 2.05) is 78.6 Å². The lowest BCUT2D eigenvalue weighted by atomic mass is 10.1. The second-order valence-corrected chi connectivity index (χ2v) is 8.86. The van der Waals surface area contributed by atoms with Crippen LogP contribution < -0.4 is 20.3 Å². The molecule has 0 bridgehead atoms. The minimum atomic E-state index is -0.126. The predicted octanol–water partition coefficient (Wildman–Crippen LogP) is 5.05. The Hall–Kier alpha value is -3.84. The van der Waals surface area contributed by atoms with Crippen molar-refractivity contribution in [3.8, 4) is 11.5 Å². The summed E-state index contributed by atoms with van der Waals surface area (Å²) in [6, 6.07) is 25.8. The lowest BCUT2D eigenvalue weighted by molar-refractivity contribution is 0.340. The van der Waals surface area contributed by atoms with Crippen molar-refractivity contribution in [3.05, 3.63) is 106 Å². The zero-order valence-electron chi connectivity index (χ0n) is 20.6. The molecule has 2 N–H and O–H groups in total. The van der Waals surface area contributed by atoms with Crippen molar-refractivity contribution in [1.29, 1.82) is 0 Å². The van der Waals surface area contributed by atoms with Crippen LogP contribution in [0.25, 0.3) is 10.9 Å². The van der Waals surface area contributed by atoms with E-state index in [4.69, 9.17) is 21.7 Å². The fourth-order valence-corrected chi connectivity index (χ4v) is 4.26. The van der Waals surface area contributed by atoms with Crippen LogP contribution in [0.2, 0.25) is 0 Å². The number of methoxy groups -OCH3 is 1. The minimum absolute atomic E-state index is 0.126. The smallest absolute Gasteiger partial charge is 0.253 e. The number of hydrogen-bond donors (Lipinski definition) is 2. The molecule has 0 atom stereocenters. The molecule has 0 saturated heterocycles. The van der Waals surface area contributed by atoms with E-state index in [1.54, 1.807) is 7.11 Å².